The third kappa shape index (κ3) is 3.42. The molecule has 0 radical (unpaired) electrons. The Hall–Kier alpha value is -2.75. The number of hydrogen-bond acceptors (Lipinski definition) is 4. The highest BCUT2D eigenvalue weighted by Gasteiger charge is 2.17. The van der Waals surface area contributed by atoms with E-state index in [1.54, 1.807) is 42.5 Å². The molecule has 0 unspecified atom stereocenters. The van der Waals surface area contributed by atoms with Gasteiger partial charge >= 0.3 is 5.97 Å². The smallest absolute Gasteiger partial charge is 0.302 e. The molecule has 4 heteroatoms. The van der Waals surface area contributed by atoms with E-state index in [2.05, 4.69) is 0 Å². The Balaban J connectivity index is 2.45. The van der Waals surface area contributed by atoms with Gasteiger partial charge in [0.25, 0.3) is 0 Å². The first-order valence-corrected chi connectivity index (χ1v) is 6.43. The minimum absolute atomic E-state index is 0.0991. The van der Waals surface area contributed by atoms with Crippen LogP contribution in [0.3, 0.4) is 0 Å². The van der Waals surface area contributed by atoms with Crippen molar-refractivity contribution in [1.29, 1.82) is 0 Å². The molecule has 0 aromatic heterocycles. The SMILES string of the molecule is CC(=O)OCc1c(C=O)cccc1C(=O)c1ccccc1. The molecule has 0 saturated heterocycles. The molecule has 0 saturated carbocycles. The number of hydrogen-bond donors (Lipinski definition) is 0. The van der Waals surface area contributed by atoms with E-state index in [4.69, 9.17) is 4.74 Å². The van der Waals surface area contributed by atoms with Crippen LogP contribution in [0.2, 0.25) is 0 Å². The Labute approximate surface area is 122 Å². The van der Waals surface area contributed by atoms with Gasteiger partial charge in [0, 0.05) is 29.2 Å². The molecule has 2 aromatic rings. The van der Waals surface area contributed by atoms with Crippen LogP contribution in [-0.2, 0) is 16.1 Å². The van der Waals surface area contributed by atoms with E-state index in [0.717, 1.165) is 0 Å². The third-order valence-electron chi connectivity index (χ3n) is 3.04. The van der Waals surface area contributed by atoms with Crippen LogP contribution in [0.25, 0.3) is 0 Å². The molecular weight excluding hydrogens is 268 g/mol. The normalized spacial score (nSPS) is 9.95. The number of carbonyl (C=O) groups excluding carboxylic acids is 3. The summed E-state index contributed by atoms with van der Waals surface area (Å²) in [4.78, 5) is 34.6. The highest BCUT2D eigenvalue weighted by molar-refractivity contribution is 6.10. The van der Waals surface area contributed by atoms with Crippen LogP contribution in [0.1, 0.15) is 38.8 Å². The Morgan fingerprint density at radius 1 is 1.05 bits per heavy atom. The quantitative estimate of drug-likeness (QED) is 0.480. The highest BCUT2D eigenvalue weighted by Crippen LogP contribution is 2.19. The molecule has 2 aromatic carbocycles. The van der Waals surface area contributed by atoms with Gasteiger partial charge in [-0.25, -0.2) is 0 Å². The van der Waals surface area contributed by atoms with E-state index >= 15 is 0 Å². The van der Waals surface area contributed by atoms with Gasteiger partial charge in [-0.2, -0.15) is 0 Å². The van der Waals surface area contributed by atoms with Crippen LogP contribution < -0.4 is 0 Å². The maximum atomic E-state index is 12.5. The average molecular weight is 282 g/mol. The molecule has 21 heavy (non-hydrogen) atoms. The van der Waals surface area contributed by atoms with Crippen molar-refractivity contribution >= 4 is 18.0 Å². The lowest BCUT2D eigenvalue weighted by molar-refractivity contribution is -0.142. The first kappa shape index (κ1) is 14.7. The monoisotopic (exact) mass is 282 g/mol. The topological polar surface area (TPSA) is 60.4 Å². The van der Waals surface area contributed by atoms with Gasteiger partial charge in [-0.3, -0.25) is 14.4 Å². The number of ketones is 1. The number of esters is 1. The lowest BCUT2D eigenvalue weighted by Gasteiger charge is -2.11. The first-order chi connectivity index (χ1) is 10.1. The number of ether oxygens (including phenoxy) is 1. The minimum atomic E-state index is -0.464. The summed E-state index contributed by atoms with van der Waals surface area (Å²) in [5, 5.41) is 0. The van der Waals surface area contributed by atoms with E-state index in [1.165, 1.54) is 6.92 Å². The lowest BCUT2D eigenvalue weighted by atomic mass is 9.95. The Bertz CT molecular complexity index is 674. The molecule has 0 aliphatic heterocycles. The molecule has 2 rings (SSSR count). The van der Waals surface area contributed by atoms with Gasteiger partial charge in [0.1, 0.15) is 12.9 Å². The molecule has 0 heterocycles. The molecule has 0 fully saturated rings. The lowest BCUT2D eigenvalue weighted by Crippen LogP contribution is -2.10. The first-order valence-electron chi connectivity index (χ1n) is 6.43. The van der Waals surface area contributed by atoms with Gasteiger partial charge in [0.2, 0.25) is 0 Å². The van der Waals surface area contributed by atoms with Crippen LogP contribution in [0, 0.1) is 0 Å². The summed E-state index contributed by atoms with van der Waals surface area (Å²) in [6.45, 7) is 1.18. The van der Waals surface area contributed by atoms with Crippen molar-refractivity contribution in [1.82, 2.24) is 0 Å². The van der Waals surface area contributed by atoms with Crippen LogP contribution >= 0.6 is 0 Å². The number of carbonyl (C=O) groups is 3. The van der Waals surface area contributed by atoms with Crippen molar-refractivity contribution in [2.24, 2.45) is 0 Å². The standard InChI is InChI=1S/C17H14O4/c1-12(19)21-11-16-14(10-18)8-5-9-15(16)17(20)13-6-3-2-4-7-13/h2-10H,11H2,1H3. The molecular formula is C17H14O4. The van der Waals surface area contributed by atoms with Gasteiger partial charge in [-0.15, -0.1) is 0 Å². The molecule has 0 atom stereocenters. The van der Waals surface area contributed by atoms with E-state index < -0.39 is 5.97 Å². The van der Waals surface area contributed by atoms with Gasteiger partial charge in [0.15, 0.2) is 5.78 Å². The molecule has 0 aliphatic rings. The fourth-order valence-corrected chi connectivity index (χ4v) is 2.01. The van der Waals surface area contributed by atoms with Crippen molar-refractivity contribution in [2.75, 3.05) is 0 Å². The Morgan fingerprint density at radius 2 is 1.76 bits per heavy atom. The summed E-state index contributed by atoms with van der Waals surface area (Å²) in [5.41, 5.74) is 1.66. The largest absolute Gasteiger partial charge is 0.461 e. The summed E-state index contributed by atoms with van der Waals surface area (Å²) < 4.78 is 4.95. The van der Waals surface area contributed by atoms with Gasteiger partial charge < -0.3 is 4.74 Å². The summed E-state index contributed by atoms with van der Waals surface area (Å²) in [6, 6.07) is 13.6. The van der Waals surface area contributed by atoms with E-state index in [9.17, 15) is 14.4 Å². The third-order valence-corrected chi connectivity index (χ3v) is 3.04. The van der Waals surface area contributed by atoms with Crippen LogP contribution in [0.4, 0.5) is 0 Å². The highest BCUT2D eigenvalue weighted by atomic mass is 16.5. The summed E-state index contributed by atoms with van der Waals surface area (Å²) in [7, 11) is 0. The maximum absolute atomic E-state index is 12.5. The predicted octanol–water partition coefficient (Wildman–Crippen LogP) is 2.79. The molecule has 0 aliphatic carbocycles. The van der Waals surface area contributed by atoms with Gasteiger partial charge in [0.05, 0.1) is 0 Å². The minimum Gasteiger partial charge on any atom is -0.461 e. The van der Waals surface area contributed by atoms with Crippen LogP contribution in [0.15, 0.2) is 48.5 Å². The Kier molecular flexibility index (Phi) is 4.61. The molecule has 0 bridgehead atoms. The van der Waals surface area contributed by atoms with Gasteiger partial charge in [-0.1, -0.05) is 48.5 Å². The fraction of sp³-hybridized carbons (Fsp3) is 0.118. The molecule has 0 spiro atoms. The van der Waals surface area contributed by atoms with Crippen molar-refractivity contribution < 1.29 is 19.1 Å². The van der Waals surface area contributed by atoms with Crippen molar-refractivity contribution in [3.63, 3.8) is 0 Å². The fourth-order valence-electron chi connectivity index (χ4n) is 2.01. The van der Waals surface area contributed by atoms with Gasteiger partial charge in [-0.05, 0) is 0 Å². The maximum Gasteiger partial charge on any atom is 0.302 e. The van der Waals surface area contributed by atoms with E-state index in [1.807, 2.05) is 6.07 Å². The zero-order chi connectivity index (χ0) is 15.2. The number of rotatable bonds is 5. The van der Waals surface area contributed by atoms with E-state index in [-0.39, 0.29) is 12.4 Å². The van der Waals surface area contributed by atoms with Crippen LogP contribution in [-0.4, -0.2) is 18.0 Å². The molecule has 0 amide bonds. The van der Waals surface area contributed by atoms with E-state index in [0.29, 0.717) is 28.5 Å². The molecule has 106 valence electrons. The number of benzene rings is 2. The molecule has 4 nitrogen and oxygen atoms in total. The summed E-state index contributed by atoms with van der Waals surface area (Å²) in [5.74, 6) is -0.671. The predicted molar refractivity (Wildman–Crippen MR) is 77.2 cm³/mol. The van der Waals surface area contributed by atoms with Crippen molar-refractivity contribution in [2.45, 2.75) is 13.5 Å². The summed E-state index contributed by atoms with van der Waals surface area (Å²) >= 11 is 0. The Morgan fingerprint density at radius 3 is 2.38 bits per heavy atom. The second kappa shape index (κ2) is 6.61. The average Bonchev–Trinajstić information content (AvgIpc) is 2.52. The zero-order valence-corrected chi connectivity index (χ0v) is 11.5. The molecule has 0 N–H and O–H groups in total. The number of aldehydes is 1. The summed E-state index contributed by atoms with van der Waals surface area (Å²) in [6.07, 6.45) is 0.653. The zero-order valence-electron chi connectivity index (χ0n) is 11.5. The van der Waals surface area contributed by atoms with Crippen molar-refractivity contribution in [3.05, 3.63) is 70.8 Å². The second-order valence-electron chi connectivity index (χ2n) is 4.47. The van der Waals surface area contributed by atoms with Crippen molar-refractivity contribution in [3.8, 4) is 0 Å². The van der Waals surface area contributed by atoms with Crippen LogP contribution in [0.5, 0.6) is 0 Å². The second-order valence-corrected chi connectivity index (χ2v) is 4.47.